The molecule has 0 unspecified atom stereocenters. The summed E-state index contributed by atoms with van der Waals surface area (Å²) in [7, 11) is 0. The summed E-state index contributed by atoms with van der Waals surface area (Å²) >= 11 is 12.3. The van der Waals surface area contributed by atoms with Crippen LogP contribution in [0.3, 0.4) is 0 Å². The summed E-state index contributed by atoms with van der Waals surface area (Å²) in [6.07, 6.45) is 2.81. The first kappa shape index (κ1) is 16.1. The van der Waals surface area contributed by atoms with Gasteiger partial charge in [-0.1, -0.05) is 36.2 Å². The van der Waals surface area contributed by atoms with Crippen molar-refractivity contribution >= 4 is 23.2 Å². The van der Waals surface area contributed by atoms with Crippen molar-refractivity contribution in [3.63, 3.8) is 0 Å². The molecule has 0 aliphatic heterocycles. The highest BCUT2D eigenvalue weighted by Gasteiger charge is 2.11. The van der Waals surface area contributed by atoms with Crippen molar-refractivity contribution in [1.82, 2.24) is 10.3 Å². The predicted molar refractivity (Wildman–Crippen MR) is 87.0 cm³/mol. The standard InChI is InChI=1S/C16H18Cl2N2O/c1-2-6-19-10-12-8-13(17)9-15(18)16(12)21-11-14-5-3-4-7-20-14/h3-5,7-9,19H,2,6,10-11H2,1H3. The van der Waals surface area contributed by atoms with E-state index < -0.39 is 0 Å². The van der Waals surface area contributed by atoms with Crippen LogP contribution in [0.15, 0.2) is 36.5 Å². The topological polar surface area (TPSA) is 34.1 Å². The Morgan fingerprint density at radius 1 is 1.24 bits per heavy atom. The number of benzene rings is 1. The van der Waals surface area contributed by atoms with E-state index in [0.29, 0.717) is 28.9 Å². The Morgan fingerprint density at radius 2 is 2.10 bits per heavy atom. The van der Waals surface area contributed by atoms with E-state index in [1.807, 2.05) is 24.3 Å². The van der Waals surface area contributed by atoms with Crippen molar-refractivity contribution in [2.75, 3.05) is 6.54 Å². The third-order valence-corrected chi connectivity index (χ3v) is 3.42. The molecular weight excluding hydrogens is 307 g/mol. The van der Waals surface area contributed by atoms with Crippen LogP contribution >= 0.6 is 23.2 Å². The monoisotopic (exact) mass is 324 g/mol. The molecule has 2 rings (SSSR count). The van der Waals surface area contributed by atoms with Crippen LogP contribution in [0.2, 0.25) is 10.0 Å². The predicted octanol–water partition coefficient (Wildman–Crippen LogP) is 4.47. The van der Waals surface area contributed by atoms with E-state index in [-0.39, 0.29) is 0 Å². The van der Waals surface area contributed by atoms with Gasteiger partial charge in [-0.05, 0) is 37.2 Å². The Morgan fingerprint density at radius 3 is 2.81 bits per heavy atom. The second-order valence-corrected chi connectivity index (χ2v) is 5.51. The van der Waals surface area contributed by atoms with Crippen LogP contribution in [0.5, 0.6) is 5.75 Å². The highest BCUT2D eigenvalue weighted by molar-refractivity contribution is 6.35. The molecule has 21 heavy (non-hydrogen) atoms. The third-order valence-electron chi connectivity index (χ3n) is 2.92. The number of halogens is 2. The number of ether oxygens (including phenoxy) is 1. The molecule has 0 atom stereocenters. The molecule has 112 valence electrons. The molecular formula is C16H18Cl2N2O. The molecule has 1 aromatic carbocycles. The summed E-state index contributed by atoms with van der Waals surface area (Å²) in [5, 5.41) is 4.46. The zero-order valence-electron chi connectivity index (χ0n) is 11.9. The lowest BCUT2D eigenvalue weighted by atomic mass is 10.2. The van der Waals surface area contributed by atoms with Gasteiger partial charge in [0.2, 0.25) is 0 Å². The lowest BCUT2D eigenvalue weighted by molar-refractivity contribution is 0.297. The van der Waals surface area contributed by atoms with Crippen molar-refractivity contribution in [2.45, 2.75) is 26.5 Å². The van der Waals surface area contributed by atoms with Gasteiger partial charge in [0.1, 0.15) is 12.4 Å². The number of rotatable bonds is 7. The molecule has 0 saturated carbocycles. The second kappa shape index (κ2) is 8.23. The summed E-state index contributed by atoms with van der Waals surface area (Å²) in [5.74, 6) is 0.662. The molecule has 0 aliphatic rings. The van der Waals surface area contributed by atoms with E-state index in [1.165, 1.54) is 0 Å². The molecule has 0 fully saturated rings. The van der Waals surface area contributed by atoms with Crippen LogP contribution in [0.25, 0.3) is 0 Å². The minimum atomic E-state index is 0.378. The largest absolute Gasteiger partial charge is 0.485 e. The molecule has 5 heteroatoms. The van der Waals surface area contributed by atoms with Gasteiger partial charge in [0, 0.05) is 23.3 Å². The van der Waals surface area contributed by atoms with Crippen molar-refractivity contribution in [3.8, 4) is 5.75 Å². The summed E-state index contributed by atoms with van der Waals surface area (Å²) in [6.45, 7) is 4.11. The Bertz CT molecular complexity index is 576. The van der Waals surface area contributed by atoms with Crippen LogP contribution in [0.4, 0.5) is 0 Å². The fourth-order valence-electron chi connectivity index (χ4n) is 1.94. The van der Waals surface area contributed by atoms with Gasteiger partial charge < -0.3 is 10.1 Å². The first-order valence-corrected chi connectivity index (χ1v) is 7.67. The van der Waals surface area contributed by atoms with E-state index in [4.69, 9.17) is 27.9 Å². The number of nitrogens with zero attached hydrogens (tertiary/aromatic N) is 1. The van der Waals surface area contributed by atoms with Gasteiger partial charge in [-0.25, -0.2) is 0 Å². The van der Waals surface area contributed by atoms with Gasteiger partial charge in [0.15, 0.2) is 0 Å². The van der Waals surface area contributed by atoms with Crippen molar-refractivity contribution in [1.29, 1.82) is 0 Å². The molecule has 1 aromatic heterocycles. The molecule has 0 saturated heterocycles. The van der Waals surface area contributed by atoms with E-state index in [2.05, 4.69) is 17.2 Å². The Kier molecular flexibility index (Phi) is 6.30. The zero-order valence-corrected chi connectivity index (χ0v) is 13.4. The summed E-state index contributed by atoms with van der Waals surface area (Å²) in [6, 6.07) is 9.29. The molecule has 0 amide bonds. The Balaban J connectivity index is 2.12. The lowest BCUT2D eigenvalue weighted by Gasteiger charge is -2.14. The second-order valence-electron chi connectivity index (χ2n) is 4.66. The average Bonchev–Trinajstić information content (AvgIpc) is 2.47. The molecule has 0 aliphatic carbocycles. The summed E-state index contributed by atoms with van der Waals surface area (Å²) < 4.78 is 5.85. The maximum absolute atomic E-state index is 6.26. The van der Waals surface area contributed by atoms with Crippen molar-refractivity contribution in [3.05, 3.63) is 57.8 Å². The highest BCUT2D eigenvalue weighted by Crippen LogP contribution is 2.33. The van der Waals surface area contributed by atoms with Crippen LogP contribution in [-0.4, -0.2) is 11.5 Å². The molecule has 0 bridgehead atoms. The van der Waals surface area contributed by atoms with Crippen LogP contribution in [0, 0.1) is 0 Å². The highest BCUT2D eigenvalue weighted by atomic mass is 35.5. The normalized spacial score (nSPS) is 10.6. The molecule has 1 heterocycles. The minimum Gasteiger partial charge on any atom is -0.485 e. The van der Waals surface area contributed by atoms with Crippen molar-refractivity contribution in [2.24, 2.45) is 0 Å². The maximum atomic E-state index is 6.26. The summed E-state index contributed by atoms with van der Waals surface area (Å²) in [4.78, 5) is 4.24. The fourth-order valence-corrected chi connectivity index (χ4v) is 2.53. The Labute approximate surface area is 135 Å². The third kappa shape index (κ3) is 4.88. The van der Waals surface area contributed by atoms with Crippen molar-refractivity contribution < 1.29 is 4.74 Å². The maximum Gasteiger partial charge on any atom is 0.143 e. The van der Waals surface area contributed by atoms with Gasteiger partial charge in [0.25, 0.3) is 0 Å². The fraction of sp³-hybridized carbons (Fsp3) is 0.312. The van der Waals surface area contributed by atoms with Gasteiger partial charge in [-0.2, -0.15) is 0 Å². The number of hydrogen-bond acceptors (Lipinski definition) is 3. The van der Waals surface area contributed by atoms with Gasteiger partial charge in [0.05, 0.1) is 10.7 Å². The molecule has 2 aromatic rings. The van der Waals surface area contributed by atoms with E-state index in [0.717, 1.165) is 24.2 Å². The van der Waals surface area contributed by atoms with Gasteiger partial charge in [-0.3, -0.25) is 4.98 Å². The quantitative estimate of drug-likeness (QED) is 0.763. The number of aromatic nitrogens is 1. The van der Waals surface area contributed by atoms with Gasteiger partial charge >= 0.3 is 0 Å². The van der Waals surface area contributed by atoms with E-state index >= 15 is 0 Å². The number of hydrogen-bond donors (Lipinski definition) is 1. The number of pyridine rings is 1. The molecule has 0 spiro atoms. The molecule has 1 N–H and O–H groups in total. The average molecular weight is 325 g/mol. The van der Waals surface area contributed by atoms with Crippen LogP contribution in [0.1, 0.15) is 24.6 Å². The summed E-state index contributed by atoms with van der Waals surface area (Å²) in [5.41, 5.74) is 1.81. The van der Waals surface area contributed by atoms with Crippen LogP contribution in [-0.2, 0) is 13.2 Å². The first-order chi connectivity index (χ1) is 10.2. The zero-order chi connectivity index (χ0) is 15.1. The molecule has 0 radical (unpaired) electrons. The number of nitrogens with one attached hydrogen (secondary N) is 1. The van der Waals surface area contributed by atoms with E-state index in [1.54, 1.807) is 12.3 Å². The SMILES string of the molecule is CCCNCc1cc(Cl)cc(Cl)c1OCc1ccccn1. The first-order valence-electron chi connectivity index (χ1n) is 6.92. The van der Waals surface area contributed by atoms with Crippen LogP contribution < -0.4 is 10.1 Å². The van der Waals surface area contributed by atoms with E-state index in [9.17, 15) is 0 Å². The lowest BCUT2D eigenvalue weighted by Crippen LogP contribution is -2.15. The minimum absolute atomic E-state index is 0.378. The smallest absolute Gasteiger partial charge is 0.143 e. The van der Waals surface area contributed by atoms with Gasteiger partial charge in [-0.15, -0.1) is 0 Å². The Hall–Kier alpha value is -1.29. The molecule has 3 nitrogen and oxygen atoms in total.